The molecule has 154 valence electrons. The van der Waals surface area contributed by atoms with Crippen molar-refractivity contribution in [3.63, 3.8) is 0 Å². The maximum absolute atomic E-state index is 13.5. The van der Waals surface area contributed by atoms with Crippen LogP contribution in [0.15, 0.2) is 98.4 Å². The zero-order chi connectivity index (χ0) is 21.0. The lowest BCUT2D eigenvalue weighted by atomic mass is 9.72. The van der Waals surface area contributed by atoms with Crippen LogP contribution in [0.1, 0.15) is 18.4 Å². The fourth-order valence-corrected chi connectivity index (χ4v) is 6.05. The first kappa shape index (κ1) is 20.8. The van der Waals surface area contributed by atoms with Gasteiger partial charge in [0.25, 0.3) is 0 Å². The van der Waals surface area contributed by atoms with Gasteiger partial charge in [0.1, 0.15) is 0 Å². The molecule has 3 N–H and O–H groups in total. The van der Waals surface area contributed by atoms with Gasteiger partial charge in [0, 0.05) is 19.6 Å². The summed E-state index contributed by atoms with van der Waals surface area (Å²) in [6, 6.07) is 25.4. The van der Waals surface area contributed by atoms with Crippen molar-refractivity contribution in [2.75, 3.05) is 13.1 Å². The van der Waals surface area contributed by atoms with E-state index in [1.807, 2.05) is 66.7 Å². The Bertz CT molecular complexity index is 1050. The summed E-state index contributed by atoms with van der Waals surface area (Å²) in [5, 5.41) is 3.28. The minimum Gasteiger partial charge on any atom is -0.369 e. The van der Waals surface area contributed by atoms with Gasteiger partial charge in [-0.05, 0) is 74.0 Å². The third-order valence-corrected chi connectivity index (χ3v) is 8.02. The highest BCUT2D eigenvalue weighted by Crippen LogP contribution is 2.38. The van der Waals surface area contributed by atoms with E-state index in [-0.39, 0.29) is 5.91 Å². The van der Waals surface area contributed by atoms with Crippen molar-refractivity contribution in [3.05, 3.63) is 84.4 Å². The molecule has 1 amide bonds. The number of benzene rings is 3. The number of rotatable bonds is 6. The third-order valence-electron chi connectivity index (χ3n) is 5.55. The molecule has 1 aliphatic rings. The SMILES string of the molecule is NC(=O)C1(c2ccccc2S(=O)c2ccc(Sc3ccccc3)cc2)CCNCC1. The Labute approximate surface area is 183 Å². The topological polar surface area (TPSA) is 72.2 Å². The molecule has 1 unspecified atom stereocenters. The molecule has 1 saturated heterocycles. The minimum absolute atomic E-state index is 0.344. The van der Waals surface area contributed by atoms with Crippen LogP contribution in [0.2, 0.25) is 0 Å². The number of nitrogens with one attached hydrogen (secondary N) is 1. The van der Waals surface area contributed by atoms with Crippen LogP contribution in [-0.4, -0.2) is 23.2 Å². The van der Waals surface area contributed by atoms with E-state index >= 15 is 0 Å². The molecule has 0 bridgehead atoms. The van der Waals surface area contributed by atoms with E-state index in [2.05, 4.69) is 17.4 Å². The van der Waals surface area contributed by atoms with Gasteiger partial charge in [0.05, 0.1) is 16.2 Å². The number of carbonyl (C=O) groups excluding carboxylic acids is 1. The van der Waals surface area contributed by atoms with Crippen LogP contribution in [0.5, 0.6) is 0 Å². The van der Waals surface area contributed by atoms with Crippen molar-refractivity contribution in [2.45, 2.75) is 37.8 Å². The molecule has 4 nitrogen and oxygen atoms in total. The van der Waals surface area contributed by atoms with Gasteiger partial charge < -0.3 is 11.1 Å². The number of hydrogen-bond donors (Lipinski definition) is 2. The first-order chi connectivity index (χ1) is 14.6. The summed E-state index contributed by atoms with van der Waals surface area (Å²) in [4.78, 5) is 16.1. The molecular weight excluding hydrogens is 412 g/mol. The average molecular weight is 437 g/mol. The van der Waals surface area contributed by atoms with Crippen molar-refractivity contribution >= 4 is 28.5 Å². The molecule has 1 atom stereocenters. The number of primary amides is 1. The molecule has 0 saturated carbocycles. The van der Waals surface area contributed by atoms with Gasteiger partial charge in [0.15, 0.2) is 0 Å². The molecule has 1 aliphatic heterocycles. The van der Waals surface area contributed by atoms with Crippen LogP contribution in [0.25, 0.3) is 0 Å². The summed E-state index contributed by atoms with van der Waals surface area (Å²) in [5.74, 6) is -0.344. The van der Waals surface area contributed by atoms with Gasteiger partial charge in [-0.3, -0.25) is 4.79 Å². The fourth-order valence-electron chi connectivity index (χ4n) is 3.91. The smallest absolute Gasteiger partial charge is 0.228 e. The minimum atomic E-state index is -1.39. The van der Waals surface area contributed by atoms with Crippen LogP contribution in [0.3, 0.4) is 0 Å². The molecule has 1 fully saturated rings. The quantitative estimate of drug-likeness (QED) is 0.610. The Hall–Kier alpha value is -2.41. The van der Waals surface area contributed by atoms with Crippen molar-refractivity contribution in [1.29, 1.82) is 0 Å². The molecule has 6 heteroatoms. The molecule has 4 rings (SSSR count). The Kier molecular flexibility index (Phi) is 6.37. The van der Waals surface area contributed by atoms with E-state index in [0.717, 1.165) is 28.4 Å². The Balaban J connectivity index is 1.63. The van der Waals surface area contributed by atoms with Gasteiger partial charge in [-0.15, -0.1) is 0 Å². The van der Waals surface area contributed by atoms with E-state index < -0.39 is 16.2 Å². The van der Waals surface area contributed by atoms with Crippen LogP contribution >= 0.6 is 11.8 Å². The number of hydrogen-bond acceptors (Lipinski definition) is 4. The molecule has 0 aliphatic carbocycles. The van der Waals surface area contributed by atoms with Crippen molar-refractivity contribution in [2.24, 2.45) is 5.73 Å². The van der Waals surface area contributed by atoms with Crippen molar-refractivity contribution < 1.29 is 9.00 Å². The van der Waals surface area contributed by atoms with Gasteiger partial charge in [0.2, 0.25) is 5.91 Å². The highest BCUT2D eigenvalue weighted by atomic mass is 32.2. The highest BCUT2D eigenvalue weighted by Gasteiger charge is 2.41. The third kappa shape index (κ3) is 4.21. The zero-order valence-electron chi connectivity index (χ0n) is 16.5. The number of piperidine rings is 1. The molecule has 0 radical (unpaired) electrons. The molecule has 1 heterocycles. The zero-order valence-corrected chi connectivity index (χ0v) is 18.2. The summed E-state index contributed by atoms with van der Waals surface area (Å²) in [5.41, 5.74) is 5.88. The second-order valence-electron chi connectivity index (χ2n) is 7.35. The lowest BCUT2D eigenvalue weighted by molar-refractivity contribution is -0.124. The number of carbonyl (C=O) groups is 1. The lowest BCUT2D eigenvalue weighted by Crippen LogP contribution is -2.49. The molecule has 0 aromatic heterocycles. The number of nitrogens with two attached hydrogens (primary N) is 1. The van der Waals surface area contributed by atoms with E-state index in [1.165, 1.54) is 0 Å². The predicted octanol–water partition coefficient (Wildman–Crippen LogP) is 4.11. The second-order valence-corrected chi connectivity index (χ2v) is 9.94. The maximum atomic E-state index is 13.5. The average Bonchev–Trinajstić information content (AvgIpc) is 2.80. The predicted molar refractivity (Wildman–Crippen MR) is 121 cm³/mol. The summed E-state index contributed by atoms with van der Waals surface area (Å²) >= 11 is 1.67. The molecule has 3 aromatic carbocycles. The van der Waals surface area contributed by atoms with Gasteiger partial charge in [-0.2, -0.15) is 0 Å². The summed E-state index contributed by atoms with van der Waals surface area (Å²) < 4.78 is 13.5. The maximum Gasteiger partial charge on any atom is 0.228 e. The van der Waals surface area contributed by atoms with Crippen LogP contribution in [0.4, 0.5) is 0 Å². The molecule has 0 spiro atoms. The van der Waals surface area contributed by atoms with Crippen LogP contribution < -0.4 is 11.1 Å². The van der Waals surface area contributed by atoms with E-state index in [0.29, 0.717) is 22.6 Å². The Morgan fingerprint density at radius 1 is 0.867 bits per heavy atom. The first-order valence-corrected chi connectivity index (χ1v) is 11.9. The van der Waals surface area contributed by atoms with Crippen molar-refractivity contribution in [3.8, 4) is 0 Å². The fraction of sp³-hybridized carbons (Fsp3) is 0.208. The van der Waals surface area contributed by atoms with Gasteiger partial charge >= 0.3 is 0 Å². The first-order valence-electron chi connectivity index (χ1n) is 9.95. The Morgan fingerprint density at radius 3 is 2.13 bits per heavy atom. The monoisotopic (exact) mass is 436 g/mol. The van der Waals surface area contributed by atoms with Crippen LogP contribution in [-0.2, 0) is 21.0 Å². The van der Waals surface area contributed by atoms with E-state index in [4.69, 9.17) is 5.73 Å². The largest absolute Gasteiger partial charge is 0.369 e. The van der Waals surface area contributed by atoms with Gasteiger partial charge in [-0.1, -0.05) is 48.2 Å². The summed E-state index contributed by atoms with van der Waals surface area (Å²) in [6.07, 6.45) is 1.23. The molecule has 30 heavy (non-hydrogen) atoms. The van der Waals surface area contributed by atoms with E-state index in [1.54, 1.807) is 11.8 Å². The summed E-state index contributed by atoms with van der Waals surface area (Å²) in [7, 11) is -1.39. The van der Waals surface area contributed by atoms with Crippen molar-refractivity contribution in [1.82, 2.24) is 5.32 Å². The standard InChI is InChI=1S/C24H24N2O2S2/c25-23(27)24(14-16-26-17-15-24)21-8-4-5-9-22(21)30(28)20-12-10-19(11-13-20)29-18-6-2-1-3-7-18/h1-13,26H,14-17H2,(H2,25,27). The van der Waals surface area contributed by atoms with E-state index in [9.17, 15) is 9.00 Å². The lowest BCUT2D eigenvalue weighted by Gasteiger charge is -2.36. The highest BCUT2D eigenvalue weighted by molar-refractivity contribution is 7.99. The normalized spacial score (nSPS) is 16.7. The Morgan fingerprint density at radius 2 is 1.47 bits per heavy atom. The summed E-state index contributed by atoms with van der Waals surface area (Å²) in [6.45, 7) is 1.44. The number of amides is 1. The second kappa shape index (κ2) is 9.16. The molecular formula is C24H24N2O2S2. The van der Waals surface area contributed by atoms with Crippen LogP contribution in [0, 0.1) is 0 Å². The van der Waals surface area contributed by atoms with Gasteiger partial charge in [-0.25, -0.2) is 4.21 Å². The molecule has 3 aromatic rings.